The van der Waals surface area contributed by atoms with Crippen LogP contribution in [0.2, 0.25) is 5.02 Å². The number of amides is 2. The summed E-state index contributed by atoms with van der Waals surface area (Å²) in [5, 5.41) is 3.22. The molecule has 1 fully saturated rings. The summed E-state index contributed by atoms with van der Waals surface area (Å²) in [6, 6.07) is 15.2. The van der Waals surface area contributed by atoms with Crippen LogP contribution in [0, 0.1) is 6.92 Å². The summed E-state index contributed by atoms with van der Waals surface area (Å²) in [4.78, 5) is 28.5. The summed E-state index contributed by atoms with van der Waals surface area (Å²) in [6.45, 7) is 4.50. The van der Waals surface area contributed by atoms with Crippen LogP contribution >= 0.6 is 11.6 Å². The van der Waals surface area contributed by atoms with E-state index in [4.69, 9.17) is 11.6 Å². The Morgan fingerprint density at radius 3 is 2.38 bits per heavy atom. The van der Waals surface area contributed by atoms with Crippen LogP contribution < -0.4 is 10.2 Å². The number of carbonyl (C=O) groups is 2. The van der Waals surface area contributed by atoms with Gasteiger partial charge in [0.25, 0.3) is 0 Å². The van der Waals surface area contributed by atoms with Gasteiger partial charge in [0.2, 0.25) is 11.8 Å². The van der Waals surface area contributed by atoms with Crippen molar-refractivity contribution in [1.82, 2.24) is 4.90 Å². The number of benzene rings is 2. The zero-order chi connectivity index (χ0) is 20.8. The van der Waals surface area contributed by atoms with Gasteiger partial charge in [0, 0.05) is 53.4 Å². The quantitative estimate of drug-likeness (QED) is 0.760. The molecule has 3 rings (SSSR count). The van der Waals surface area contributed by atoms with Gasteiger partial charge in [0.05, 0.1) is 0 Å². The van der Waals surface area contributed by atoms with Crippen LogP contribution in [0.4, 0.5) is 11.4 Å². The molecule has 29 heavy (non-hydrogen) atoms. The lowest BCUT2D eigenvalue weighted by Gasteiger charge is -2.36. The third-order valence-corrected chi connectivity index (χ3v) is 6.35. The number of hydrogen-bond donors (Lipinski definition) is 1. The number of hydrogen-bond acceptors (Lipinski definition) is 4. The zero-order valence-corrected chi connectivity index (χ0v) is 17.8. The fourth-order valence-corrected chi connectivity index (χ4v) is 4.25. The Labute approximate surface area is 178 Å². The summed E-state index contributed by atoms with van der Waals surface area (Å²) >= 11 is 6.04. The van der Waals surface area contributed by atoms with Gasteiger partial charge in [-0.15, -0.1) is 0 Å². The molecular weight excluding hydrogens is 410 g/mol. The molecule has 2 aromatic carbocycles. The Morgan fingerprint density at radius 2 is 1.72 bits per heavy atom. The lowest BCUT2D eigenvalue weighted by Crippen LogP contribution is -2.50. The van der Waals surface area contributed by atoms with E-state index in [0.29, 0.717) is 23.8 Å². The van der Waals surface area contributed by atoms with E-state index in [-0.39, 0.29) is 17.4 Å². The summed E-state index contributed by atoms with van der Waals surface area (Å²) in [5.41, 5.74) is 2.59. The van der Waals surface area contributed by atoms with Gasteiger partial charge in [0.1, 0.15) is 11.5 Å². The monoisotopic (exact) mass is 433 g/mol. The first-order valence-electron chi connectivity index (χ1n) is 9.41. The molecule has 0 saturated carbocycles. The Morgan fingerprint density at radius 1 is 1.03 bits per heavy atom. The number of para-hydroxylation sites is 1. The summed E-state index contributed by atoms with van der Waals surface area (Å²) < 4.78 is 12.3. The molecule has 0 bridgehead atoms. The van der Waals surface area contributed by atoms with Gasteiger partial charge in [-0.1, -0.05) is 35.9 Å². The van der Waals surface area contributed by atoms with Crippen LogP contribution in [0.1, 0.15) is 5.56 Å². The van der Waals surface area contributed by atoms with E-state index >= 15 is 0 Å². The normalized spacial score (nSPS) is 15.1. The number of carbonyl (C=O) groups excluding carboxylic acids is 2. The standard InChI is InChI=1S/C21H24ClN3O3S/c1-16-7-8-17(13-19(16)22)23-20(26)14-29(28)15-21(27)25-11-9-24(10-12-25)18-5-3-2-4-6-18/h2-8,13H,9-12,14-15H2,1H3,(H,23,26). The summed E-state index contributed by atoms with van der Waals surface area (Å²) in [5.74, 6) is -0.943. The third kappa shape index (κ3) is 6.05. The second kappa shape index (κ2) is 9.89. The van der Waals surface area contributed by atoms with E-state index in [1.807, 2.05) is 37.3 Å². The molecule has 2 aromatic rings. The average Bonchev–Trinajstić information content (AvgIpc) is 2.71. The second-order valence-corrected chi connectivity index (χ2v) is 8.81. The van der Waals surface area contributed by atoms with E-state index in [0.717, 1.165) is 24.3 Å². The first kappa shape index (κ1) is 21.3. The maximum absolute atomic E-state index is 12.4. The second-order valence-electron chi connectivity index (χ2n) is 6.94. The van der Waals surface area contributed by atoms with Crippen LogP contribution in [-0.4, -0.2) is 58.6 Å². The fraction of sp³-hybridized carbons (Fsp3) is 0.333. The predicted octanol–water partition coefficient (Wildman–Crippen LogP) is 2.68. The van der Waals surface area contributed by atoms with Crippen LogP contribution in [-0.2, 0) is 20.4 Å². The molecule has 1 saturated heterocycles. The SMILES string of the molecule is Cc1ccc(NC(=O)CS(=O)CC(=O)N2CCN(c3ccccc3)CC2)cc1Cl. The van der Waals surface area contributed by atoms with Crippen molar-refractivity contribution in [3.8, 4) is 0 Å². The first-order chi connectivity index (χ1) is 13.9. The van der Waals surface area contributed by atoms with Crippen LogP contribution in [0.25, 0.3) is 0 Å². The smallest absolute Gasteiger partial charge is 0.237 e. The lowest BCUT2D eigenvalue weighted by atomic mass is 10.2. The van der Waals surface area contributed by atoms with Gasteiger partial charge in [-0.2, -0.15) is 0 Å². The van der Waals surface area contributed by atoms with Crippen LogP contribution in [0.15, 0.2) is 48.5 Å². The van der Waals surface area contributed by atoms with Crippen molar-refractivity contribution < 1.29 is 13.8 Å². The summed E-state index contributed by atoms with van der Waals surface area (Å²) in [6.07, 6.45) is 0. The maximum Gasteiger partial charge on any atom is 0.237 e. The highest BCUT2D eigenvalue weighted by Crippen LogP contribution is 2.20. The first-order valence-corrected chi connectivity index (χ1v) is 11.3. The fourth-order valence-electron chi connectivity index (χ4n) is 3.15. The Balaban J connectivity index is 1.44. The van der Waals surface area contributed by atoms with Crippen molar-refractivity contribution in [3.63, 3.8) is 0 Å². The van der Waals surface area contributed by atoms with E-state index in [2.05, 4.69) is 10.2 Å². The minimum Gasteiger partial charge on any atom is -0.368 e. The molecule has 6 nitrogen and oxygen atoms in total. The number of piperazine rings is 1. The van der Waals surface area contributed by atoms with Gasteiger partial charge in [-0.05, 0) is 36.8 Å². The maximum atomic E-state index is 12.4. The molecule has 1 N–H and O–H groups in total. The van der Waals surface area contributed by atoms with Crippen molar-refractivity contribution in [2.45, 2.75) is 6.92 Å². The van der Waals surface area contributed by atoms with Crippen molar-refractivity contribution in [1.29, 1.82) is 0 Å². The van der Waals surface area contributed by atoms with Gasteiger partial charge in [-0.25, -0.2) is 0 Å². The van der Waals surface area contributed by atoms with Gasteiger partial charge in [-0.3, -0.25) is 13.8 Å². The molecule has 0 aromatic heterocycles. The number of anilines is 2. The molecule has 0 spiro atoms. The number of nitrogens with one attached hydrogen (secondary N) is 1. The van der Waals surface area contributed by atoms with Gasteiger partial charge < -0.3 is 15.1 Å². The number of aryl methyl sites for hydroxylation is 1. The zero-order valence-electron chi connectivity index (χ0n) is 16.3. The van der Waals surface area contributed by atoms with Crippen molar-refractivity contribution in [2.75, 3.05) is 47.9 Å². The number of rotatable bonds is 6. The van der Waals surface area contributed by atoms with E-state index in [9.17, 15) is 13.8 Å². The summed E-state index contributed by atoms with van der Waals surface area (Å²) in [7, 11) is -1.56. The van der Waals surface area contributed by atoms with E-state index in [1.165, 1.54) is 0 Å². The third-order valence-electron chi connectivity index (χ3n) is 4.79. The Bertz CT molecular complexity index is 899. The molecule has 0 radical (unpaired) electrons. The molecule has 1 aliphatic heterocycles. The van der Waals surface area contributed by atoms with Crippen molar-refractivity contribution >= 4 is 45.6 Å². The molecule has 1 aliphatic rings. The van der Waals surface area contributed by atoms with E-state index in [1.54, 1.807) is 23.1 Å². The molecule has 154 valence electrons. The van der Waals surface area contributed by atoms with E-state index < -0.39 is 16.7 Å². The number of halogens is 1. The molecule has 1 unspecified atom stereocenters. The number of nitrogens with zero attached hydrogens (tertiary/aromatic N) is 2. The highest BCUT2D eigenvalue weighted by atomic mass is 35.5. The molecule has 1 atom stereocenters. The van der Waals surface area contributed by atoms with Crippen LogP contribution in [0.3, 0.4) is 0 Å². The van der Waals surface area contributed by atoms with Crippen molar-refractivity contribution in [3.05, 3.63) is 59.1 Å². The molecular formula is C21H24ClN3O3S. The highest BCUT2D eigenvalue weighted by molar-refractivity contribution is 7.86. The highest BCUT2D eigenvalue weighted by Gasteiger charge is 2.23. The largest absolute Gasteiger partial charge is 0.368 e. The topological polar surface area (TPSA) is 69.7 Å². The predicted molar refractivity (Wildman–Crippen MR) is 118 cm³/mol. The minimum atomic E-state index is -1.56. The minimum absolute atomic E-state index is 0.145. The molecule has 0 aliphatic carbocycles. The molecule has 8 heteroatoms. The lowest BCUT2D eigenvalue weighted by molar-refractivity contribution is -0.128. The van der Waals surface area contributed by atoms with Gasteiger partial charge >= 0.3 is 0 Å². The Hall–Kier alpha value is -2.38. The molecule has 1 heterocycles. The average molecular weight is 434 g/mol. The van der Waals surface area contributed by atoms with Crippen molar-refractivity contribution in [2.24, 2.45) is 0 Å². The molecule has 2 amide bonds. The van der Waals surface area contributed by atoms with Crippen LogP contribution in [0.5, 0.6) is 0 Å². The Kier molecular flexibility index (Phi) is 7.28. The van der Waals surface area contributed by atoms with Gasteiger partial charge in [0.15, 0.2) is 0 Å².